The summed E-state index contributed by atoms with van der Waals surface area (Å²) in [7, 11) is 4.29. The minimum absolute atomic E-state index is 0.0527. The quantitative estimate of drug-likeness (QED) is 0.595. The van der Waals surface area contributed by atoms with Crippen molar-refractivity contribution < 1.29 is 0 Å². The molecule has 0 amide bonds. The molecule has 0 unspecified atom stereocenters. The maximum Gasteiger partial charge on any atom is 0.0926 e. The van der Waals surface area contributed by atoms with Crippen LogP contribution in [0.2, 0.25) is 0 Å². The number of terminal acetylenes is 1. The number of hydrogen-bond donors (Lipinski definition) is 0. The Morgan fingerprint density at radius 3 is 2.13 bits per heavy atom. The van der Waals surface area contributed by atoms with Gasteiger partial charge in [-0.05, 0) is 50.1 Å². The van der Waals surface area contributed by atoms with Crippen molar-refractivity contribution in [3.8, 4) is 12.3 Å². The van der Waals surface area contributed by atoms with Gasteiger partial charge < -0.3 is 0 Å². The van der Waals surface area contributed by atoms with Crippen LogP contribution >= 0.6 is 0 Å². The fourth-order valence-electron chi connectivity index (χ4n) is 4.86. The molecule has 0 aromatic heterocycles. The van der Waals surface area contributed by atoms with Gasteiger partial charge in [-0.15, -0.1) is 6.42 Å². The van der Waals surface area contributed by atoms with Gasteiger partial charge in [0.25, 0.3) is 0 Å². The van der Waals surface area contributed by atoms with Gasteiger partial charge in [0.15, 0.2) is 0 Å². The second-order valence-corrected chi connectivity index (χ2v) is 6.47. The van der Waals surface area contributed by atoms with Crippen molar-refractivity contribution in [2.75, 3.05) is 14.1 Å². The third-order valence-electron chi connectivity index (χ3n) is 5.45. The van der Waals surface area contributed by atoms with E-state index in [9.17, 15) is 0 Å². The molecule has 2 bridgehead atoms. The molecule has 0 saturated heterocycles. The van der Waals surface area contributed by atoms with E-state index < -0.39 is 0 Å². The molecule has 0 aromatic rings. The highest BCUT2D eigenvalue weighted by atomic mass is 15.2. The molecule has 0 N–H and O–H groups in total. The van der Waals surface area contributed by atoms with Gasteiger partial charge in [0, 0.05) is 0 Å². The molecule has 1 nitrogen and oxygen atoms in total. The molecule has 2 fully saturated rings. The summed E-state index contributed by atoms with van der Waals surface area (Å²) in [5, 5.41) is 0. The molecule has 0 spiro atoms. The predicted octanol–water partition coefficient (Wildman–Crippen LogP) is 2.77. The summed E-state index contributed by atoms with van der Waals surface area (Å²) in [6.45, 7) is 7.12. The normalized spacial score (nSPS) is 47.1. The van der Waals surface area contributed by atoms with E-state index in [-0.39, 0.29) is 11.0 Å². The Bertz CT molecular complexity index is 316. The molecular formula is C14H23N. The van der Waals surface area contributed by atoms with Crippen LogP contribution in [0.1, 0.15) is 40.0 Å². The first-order chi connectivity index (χ1) is 6.82. The van der Waals surface area contributed by atoms with E-state index in [1.54, 1.807) is 0 Å². The Balaban J connectivity index is 2.59. The van der Waals surface area contributed by atoms with Crippen molar-refractivity contribution in [3.63, 3.8) is 0 Å². The van der Waals surface area contributed by atoms with E-state index >= 15 is 0 Å². The van der Waals surface area contributed by atoms with Crippen LogP contribution in [0.3, 0.4) is 0 Å². The standard InChI is InChI=1S/C14H23N/c1-7-14(15(5)6)12(2,3)11-8-9-13(14,4)10-11/h1,11H,8-10H2,2-6H3/t11-,13-,14-/m0/s1. The molecule has 15 heavy (non-hydrogen) atoms. The lowest BCUT2D eigenvalue weighted by Gasteiger charge is -2.54. The molecule has 0 aromatic carbocycles. The average Bonchev–Trinajstić information content (AvgIpc) is 2.55. The SMILES string of the molecule is C#C[C@]1(N(C)C)C(C)(C)[C@H]2CC[C@@]1(C)C2. The Morgan fingerprint density at radius 2 is 1.87 bits per heavy atom. The molecule has 84 valence electrons. The molecule has 0 radical (unpaired) electrons. The molecule has 2 saturated carbocycles. The minimum Gasteiger partial charge on any atom is -0.293 e. The first-order valence-electron chi connectivity index (χ1n) is 5.97. The summed E-state index contributed by atoms with van der Waals surface area (Å²) in [4.78, 5) is 2.30. The van der Waals surface area contributed by atoms with Crippen LogP contribution < -0.4 is 0 Å². The fraction of sp³-hybridized carbons (Fsp3) is 0.857. The second-order valence-electron chi connectivity index (χ2n) is 6.47. The average molecular weight is 205 g/mol. The largest absolute Gasteiger partial charge is 0.293 e. The summed E-state index contributed by atoms with van der Waals surface area (Å²) in [5.74, 6) is 3.97. The third-order valence-corrected chi connectivity index (χ3v) is 5.45. The lowest BCUT2D eigenvalue weighted by molar-refractivity contribution is -0.0240. The van der Waals surface area contributed by atoms with Crippen molar-refractivity contribution in [2.45, 2.75) is 45.6 Å². The summed E-state index contributed by atoms with van der Waals surface area (Å²) in [6, 6.07) is 0. The molecular weight excluding hydrogens is 182 g/mol. The summed E-state index contributed by atoms with van der Waals surface area (Å²) >= 11 is 0. The van der Waals surface area contributed by atoms with Gasteiger partial charge in [0.2, 0.25) is 0 Å². The zero-order valence-electron chi connectivity index (χ0n) is 10.7. The third kappa shape index (κ3) is 0.947. The Kier molecular flexibility index (Phi) is 2.06. The molecule has 2 rings (SSSR count). The first kappa shape index (κ1) is 11.0. The van der Waals surface area contributed by atoms with Gasteiger partial charge in [0.1, 0.15) is 0 Å². The van der Waals surface area contributed by atoms with E-state index in [0.717, 1.165) is 5.92 Å². The highest BCUT2D eigenvalue weighted by Crippen LogP contribution is 2.69. The van der Waals surface area contributed by atoms with Gasteiger partial charge in [-0.3, -0.25) is 4.90 Å². The lowest BCUT2D eigenvalue weighted by Crippen LogP contribution is -2.61. The van der Waals surface area contributed by atoms with Crippen molar-refractivity contribution in [1.29, 1.82) is 0 Å². The van der Waals surface area contributed by atoms with Crippen molar-refractivity contribution in [1.82, 2.24) is 4.90 Å². The van der Waals surface area contributed by atoms with Crippen molar-refractivity contribution in [3.05, 3.63) is 0 Å². The van der Waals surface area contributed by atoms with Crippen LogP contribution in [0.25, 0.3) is 0 Å². The Labute approximate surface area is 94.2 Å². The van der Waals surface area contributed by atoms with E-state index in [1.807, 2.05) is 0 Å². The molecule has 3 atom stereocenters. The summed E-state index contributed by atoms with van der Waals surface area (Å²) in [5.41, 5.74) is 0.514. The molecule has 2 aliphatic rings. The van der Waals surface area contributed by atoms with Gasteiger partial charge >= 0.3 is 0 Å². The van der Waals surface area contributed by atoms with Crippen molar-refractivity contribution >= 4 is 0 Å². The van der Waals surface area contributed by atoms with Gasteiger partial charge in [0.05, 0.1) is 5.54 Å². The van der Waals surface area contributed by atoms with E-state index in [2.05, 4.69) is 45.7 Å². The Morgan fingerprint density at radius 1 is 1.27 bits per heavy atom. The zero-order valence-corrected chi connectivity index (χ0v) is 10.7. The van der Waals surface area contributed by atoms with Crippen LogP contribution in [-0.2, 0) is 0 Å². The van der Waals surface area contributed by atoms with Crippen LogP contribution in [0.15, 0.2) is 0 Å². The number of rotatable bonds is 1. The molecule has 0 heterocycles. The first-order valence-corrected chi connectivity index (χ1v) is 5.97. The van der Waals surface area contributed by atoms with Crippen LogP contribution in [0.5, 0.6) is 0 Å². The number of hydrogen-bond acceptors (Lipinski definition) is 1. The molecule has 2 aliphatic carbocycles. The van der Waals surface area contributed by atoms with Crippen molar-refractivity contribution in [2.24, 2.45) is 16.7 Å². The molecule has 0 aliphatic heterocycles. The van der Waals surface area contributed by atoms with Crippen LogP contribution in [-0.4, -0.2) is 24.5 Å². The van der Waals surface area contributed by atoms with E-state index in [1.165, 1.54) is 19.3 Å². The number of fused-ring (bicyclic) bond motifs is 2. The highest BCUT2D eigenvalue weighted by Gasteiger charge is 2.69. The fourth-order valence-corrected chi connectivity index (χ4v) is 4.86. The number of nitrogens with zero attached hydrogens (tertiary/aromatic N) is 1. The zero-order chi connectivity index (χ0) is 11.5. The maximum absolute atomic E-state index is 5.93. The second kappa shape index (κ2) is 2.80. The summed E-state index contributed by atoms with van der Waals surface area (Å²) in [6.07, 6.45) is 9.89. The highest BCUT2D eigenvalue weighted by molar-refractivity contribution is 5.33. The van der Waals surface area contributed by atoms with E-state index in [0.29, 0.717) is 5.41 Å². The summed E-state index contributed by atoms with van der Waals surface area (Å²) < 4.78 is 0. The molecule has 1 heteroatoms. The maximum atomic E-state index is 5.93. The predicted molar refractivity (Wildman–Crippen MR) is 64.5 cm³/mol. The van der Waals surface area contributed by atoms with E-state index in [4.69, 9.17) is 6.42 Å². The van der Waals surface area contributed by atoms with Gasteiger partial charge in [-0.1, -0.05) is 26.7 Å². The van der Waals surface area contributed by atoms with Crippen LogP contribution in [0.4, 0.5) is 0 Å². The smallest absolute Gasteiger partial charge is 0.0926 e. The van der Waals surface area contributed by atoms with Crippen LogP contribution in [0, 0.1) is 29.1 Å². The monoisotopic (exact) mass is 205 g/mol. The lowest BCUT2D eigenvalue weighted by atomic mass is 9.58. The minimum atomic E-state index is -0.0527. The topological polar surface area (TPSA) is 3.24 Å². The van der Waals surface area contributed by atoms with Gasteiger partial charge in [-0.2, -0.15) is 0 Å². The van der Waals surface area contributed by atoms with Gasteiger partial charge in [-0.25, -0.2) is 0 Å². The Hall–Kier alpha value is -0.480.